The normalized spacial score (nSPS) is 9.61. The Balaban J connectivity index is 2.05. The molecule has 5 nitrogen and oxygen atoms in total. The third kappa shape index (κ3) is 6.52. The summed E-state index contributed by atoms with van der Waals surface area (Å²) in [7, 11) is 0. The third-order valence-electron chi connectivity index (χ3n) is 2.29. The molecule has 0 aliphatic heterocycles. The number of para-hydroxylation sites is 1. The van der Waals surface area contributed by atoms with Crippen LogP contribution in [0.25, 0.3) is 0 Å². The largest absolute Gasteiger partial charge is 0.356 e. The zero-order chi connectivity index (χ0) is 13.2. The minimum atomic E-state index is -0.208. The summed E-state index contributed by atoms with van der Waals surface area (Å²) < 4.78 is 0. The van der Waals surface area contributed by atoms with Gasteiger partial charge in [0.2, 0.25) is 5.91 Å². The van der Waals surface area contributed by atoms with E-state index in [1.54, 1.807) is 0 Å². The molecule has 0 saturated carbocycles. The predicted octanol–water partition coefficient (Wildman–Crippen LogP) is 1.72. The lowest BCUT2D eigenvalue weighted by molar-refractivity contribution is -0.118. The summed E-state index contributed by atoms with van der Waals surface area (Å²) in [6.45, 7) is 2.74. The van der Waals surface area contributed by atoms with Crippen molar-refractivity contribution in [1.29, 1.82) is 0 Å². The number of urea groups is 1. The topological polar surface area (TPSA) is 70.2 Å². The minimum absolute atomic E-state index is 0.0234. The van der Waals surface area contributed by atoms with E-state index in [1.165, 1.54) is 6.92 Å². The Morgan fingerprint density at radius 2 is 1.61 bits per heavy atom. The van der Waals surface area contributed by atoms with E-state index in [4.69, 9.17) is 0 Å². The van der Waals surface area contributed by atoms with Gasteiger partial charge in [-0.3, -0.25) is 4.79 Å². The lowest BCUT2D eigenvalue weighted by atomic mass is 10.3. The van der Waals surface area contributed by atoms with Gasteiger partial charge in [-0.2, -0.15) is 0 Å². The van der Waals surface area contributed by atoms with Crippen molar-refractivity contribution in [2.45, 2.75) is 19.8 Å². The van der Waals surface area contributed by atoms with E-state index in [2.05, 4.69) is 16.0 Å². The number of carbonyl (C=O) groups excluding carboxylic acids is 2. The van der Waals surface area contributed by atoms with Crippen LogP contribution in [-0.2, 0) is 4.79 Å². The molecule has 0 fully saturated rings. The van der Waals surface area contributed by atoms with Gasteiger partial charge in [-0.05, 0) is 25.0 Å². The molecule has 0 saturated heterocycles. The van der Waals surface area contributed by atoms with Crippen LogP contribution in [0.5, 0.6) is 0 Å². The molecule has 0 spiro atoms. The molecule has 0 atom stereocenters. The first-order valence-electron chi connectivity index (χ1n) is 6.03. The van der Waals surface area contributed by atoms with Crippen molar-refractivity contribution in [1.82, 2.24) is 10.6 Å². The Morgan fingerprint density at radius 1 is 1.00 bits per heavy atom. The van der Waals surface area contributed by atoms with Crippen molar-refractivity contribution in [3.8, 4) is 0 Å². The SMILES string of the molecule is CC(=O)NCCCCNC(=O)Nc1ccccc1. The monoisotopic (exact) mass is 249 g/mol. The maximum Gasteiger partial charge on any atom is 0.319 e. The Labute approximate surface area is 107 Å². The van der Waals surface area contributed by atoms with E-state index in [-0.39, 0.29) is 11.9 Å². The molecule has 0 unspecified atom stereocenters. The molecule has 1 aromatic rings. The number of unbranched alkanes of at least 4 members (excludes halogenated alkanes) is 1. The van der Waals surface area contributed by atoms with Gasteiger partial charge in [0.25, 0.3) is 0 Å². The van der Waals surface area contributed by atoms with Gasteiger partial charge < -0.3 is 16.0 Å². The van der Waals surface area contributed by atoms with Crippen LogP contribution in [0, 0.1) is 0 Å². The molecule has 5 heteroatoms. The fraction of sp³-hybridized carbons (Fsp3) is 0.385. The summed E-state index contributed by atoms with van der Waals surface area (Å²) in [5, 5.41) is 8.19. The van der Waals surface area contributed by atoms with E-state index >= 15 is 0 Å². The molecule has 3 amide bonds. The Hall–Kier alpha value is -2.04. The fourth-order valence-corrected chi connectivity index (χ4v) is 1.41. The molecule has 98 valence electrons. The highest BCUT2D eigenvalue weighted by Crippen LogP contribution is 2.03. The average Bonchev–Trinajstić information content (AvgIpc) is 2.34. The molecule has 0 aliphatic rings. The zero-order valence-corrected chi connectivity index (χ0v) is 10.5. The van der Waals surface area contributed by atoms with Crippen LogP contribution >= 0.6 is 0 Å². The summed E-state index contributed by atoms with van der Waals surface area (Å²) >= 11 is 0. The molecule has 1 aromatic carbocycles. The van der Waals surface area contributed by atoms with Gasteiger partial charge in [-0.25, -0.2) is 4.79 Å². The highest BCUT2D eigenvalue weighted by molar-refractivity contribution is 5.89. The molecule has 0 bridgehead atoms. The number of amides is 3. The second-order valence-electron chi connectivity index (χ2n) is 3.94. The Morgan fingerprint density at radius 3 is 2.22 bits per heavy atom. The first kappa shape index (κ1) is 14.0. The van der Waals surface area contributed by atoms with E-state index in [9.17, 15) is 9.59 Å². The number of hydrogen-bond donors (Lipinski definition) is 3. The van der Waals surface area contributed by atoms with Crippen LogP contribution < -0.4 is 16.0 Å². The lowest BCUT2D eigenvalue weighted by Crippen LogP contribution is -2.30. The first-order valence-corrected chi connectivity index (χ1v) is 6.03. The summed E-state index contributed by atoms with van der Waals surface area (Å²) in [6.07, 6.45) is 1.69. The molecular weight excluding hydrogens is 230 g/mol. The minimum Gasteiger partial charge on any atom is -0.356 e. The van der Waals surface area contributed by atoms with E-state index < -0.39 is 0 Å². The van der Waals surface area contributed by atoms with Gasteiger partial charge in [0.15, 0.2) is 0 Å². The van der Waals surface area contributed by atoms with Gasteiger partial charge in [0, 0.05) is 25.7 Å². The van der Waals surface area contributed by atoms with Crippen LogP contribution in [0.1, 0.15) is 19.8 Å². The van der Waals surface area contributed by atoms with Gasteiger partial charge in [0.05, 0.1) is 0 Å². The van der Waals surface area contributed by atoms with Crippen molar-refractivity contribution in [3.63, 3.8) is 0 Å². The maximum atomic E-state index is 11.5. The van der Waals surface area contributed by atoms with Gasteiger partial charge in [-0.1, -0.05) is 18.2 Å². The average molecular weight is 249 g/mol. The number of carbonyl (C=O) groups is 2. The van der Waals surface area contributed by atoms with E-state index in [0.29, 0.717) is 13.1 Å². The van der Waals surface area contributed by atoms with Crippen LogP contribution in [-0.4, -0.2) is 25.0 Å². The van der Waals surface area contributed by atoms with Gasteiger partial charge in [-0.15, -0.1) is 0 Å². The molecular formula is C13H19N3O2. The Bertz CT molecular complexity index is 379. The molecule has 0 aromatic heterocycles. The van der Waals surface area contributed by atoms with Crippen LogP contribution in [0.4, 0.5) is 10.5 Å². The summed E-state index contributed by atoms with van der Waals surface area (Å²) in [4.78, 5) is 22.1. The molecule has 18 heavy (non-hydrogen) atoms. The highest BCUT2D eigenvalue weighted by atomic mass is 16.2. The van der Waals surface area contributed by atoms with Crippen molar-refractivity contribution >= 4 is 17.6 Å². The first-order chi connectivity index (χ1) is 8.68. The van der Waals surface area contributed by atoms with Crippen LogP contribution in [0.15, 0.2) is 30.3 Å². The molecule has 1 rings (SSSR count). The number of hydrogen-bond acceptors (Lipinski definition) is 2. The van der Waals surface area contributed by atoms with Crippen LogP contribution in [0.3, 0.4) is 0 Å². The summed E-state index contributed by atoms with van der Waals surface area (Å²) in [6, 6.07) is 9.07. The number of anilines is 1. The molecule has 3 N–H and O–H groups in total. The Kier molecular flexibility index (Phi) is 6.32. The van der Waals surface area contributed by atoms with E-state index in [1.807, 2.05) is 30.3 Å². The standard InChI is InChI=1S/C13H19N3O2/c1-11(17)14-9-5-6-10-15-13(18)16-12-7-3-2-4-8-12/h2-4,7-8H,5-6,9-10H2,1H3,(H,14,17)(H2,15,16,18). The number of benzene rings is 1. The molecule has 0 aliphatic carbocycles. The van der Waals surface area contributed by atoms with Crippen molar-refractivity contribution in [2.75, 3.05) is 18.4 Å². The van der Waals surface area contributed by atoms with Crippen molar-refractivity contribution in [2.24, 2.45) is 0 Å². The molecule has 0 radical (unpaired) electrons. The summed E-state index contributed by atoms with van der Waals surface area (Å²) in [5.41, 5.74) is 0.772. The van der Waals surface area contributed by atoms with Gasteiger partial charge in [0.1, 0.15) is 0 Å². The molecule has 0 heterocycles. The second-order valence-corrected chi connectivity index (χ2v) is 3.94. The van der Waals surface area contributed by atoms with Gasteiger partial charge >= 0.3 is 6.03 Å². The van der Waals surface area contributed by atoms with Crippen LogP contribution in [0.2, 0.25) is 0 Å². The van der Waals surface area contributed by atoms with Crippen molar-refractivity contribution < 1.29 is 9.59 Å². The number of rotatable bonds is 6. The zero-order valence-electron chi connectivity index (χ0n) is 10.5. The van der Waals surface area contributed by atoms with E-state index in [0.717, 1.165) is 18.5 Å². The quantitative estimate of drug-likeness (QED) is 0.672. The smallest absolute Gasteiger partial charge is 0.319 e. The summed E-state index contributed by atoms with van der Waals surface area (Å²) in [5.74, 6) is -0.0234. The van der Waals surface area contributed by atoms with Crippen molar-refractivity contribution in [3.05, 3.63) is 30.3 Å². The highest BCUT2D eigenvalue weighted by Gasteiger charge is 1.99. The predicted molar refractivity (Wildman–Crippen MR) is 71.4 cm³/mol. The maximum absolute atomic E-state index is 11.5. The fourth-order valence-electron chi connectivity index (χ4n) is 1.41. The lowest BCUT2D eigenvalue weighted by Gasteiger charge is -2.07. The second kappa shape index (κ2) is 8.11. The number of nitrogens with one attached hydrogen (secondary N) is 3. The third-order valence-corrected chi connectivity index (χ3v) is 2.29.